The topological polar surface area (TPSA) is 90.7 Å². The van der Waals surface area contributed by atoms with E-state index in [1.165, 1.54) is 13.2 Å². The molecule has 2 rings (SSSR count). The van der Waals surface area contributed by atoms with Crippen LogP contribution in [0, 0.1) is 0 Å². The number of rotatable bonds is 7. The van der Waals surface area contributed by atoms with Crippen molar-refractivity contribution >= 4 is 10.0 Å². The SMILES string of the molecule is COc1cc(CN)ccc1S(=O)(=O)NCC1(OC)CCC1. The van der Waals surface area contributed by atoms with E-state index in [9.17, 15) is 8.42 Å². The predicted octanol–water partition coefficient (Wildman–Crippen LogP) is 1.00. The third-order valence-electron chi connectivity index (χ3n) is 4.04. The van der Waals surface area contributed by atoms with Crippen LogP contribution in [0.2, 0.25) is 0 Å². The second-order valence-electron chi connectivity index (χ2n) is 5.25. The molecule has 0 heterocycles. The molecule has 1 aromatic carbocycles. The van der Waals surface area contributed by atoms with Crippen molar-refractivity contribution in [2.75, 3.05) is 20.8 Å². The van der Waals surface area contributed by atoms with Crippen molar-refractivity contribution in [1.29, 1.82) is 0 Å². The van der Waals surface area contributed by atoms with E-state index in [-0.39, 0.29) is 17.0 Å². The number of nitrogens with two attached hydrogens (primary N) is 1. The van der Waals surface area contributed by atoms with E-state index in [1.807, 2.05) is 0 Å². The first-order valence-electron chi connectivity index (χ1n) is 6.88. The second-order valence-corrected chi connectivity index (χ2v) is 6.99. The molecule has 0 atom stereocenters. The first kappa shape index (κ1) is 16.2. The van der Waals surface area contributed by atoms with Gasteiger partial charge in [0, 0.05) is 20.2 Å². The molecule has 6 nitrogen and oxygen atoms in total. The van der Waals surface area contributed by atoms with Crippen LogP contribution in [0.25, 0.3) is 0 Å². The molecule has 3 N–H and O–H groups in total. The zero-order chi connectivity index (χ0) is 15.5. The maximum Gasteiger partial charge on any atom is 0.244 e. The fourth-order valence-electron chi connectivity index (χ4n) is 2.39. The van der Waals surface area contributed by atoms with Gasteiger partial charge in [0.1, 0.15) is 10.6 Å². The van der Waals surface area contributed by atoms with Crippen molar-refractivity contribution in [3.05, 3.63) is 23.8 Å². The molecule has 0 aliphatic heterocycles. The van der Waals surface area contributed by atoms with E-state index in [2.05, 4.69) is 4.72 Å². The van der Waals surface area contributed by atoms with Crippen molar-refractivity contribution in [3.8, 4) is 5.75 Å². The minimum absolute atomic E-state index is 0.118. The maximum absolute atomic E-state index is 12.4. The first-order valence-corrected chi connectivity index (χ1v) is 8.36. The Morgan fingerprint density at radius 2 is 2.05 bits per heavy atom. The van der Waals surface area contributed by atoms with E-state index in [4.69, 9.17) is 15.2 Å². The van der Waals surface area contributed by atoms with E-state index in [1.54, 1.807) is 19.2 Å². The maximum atomic E-state index is 12.4. The van der Waals surface area contributed by atoms with Gasteiger partial charge in [-0.15, -0.1) is 0 Å². The Labute approximate surface area is 125 Å². The van der Waals surface area contributed by atoms with Gasteiger partial charge in [0.25, 0.3) is 0 Å². The molecule has 1 saturated carbocycles. The molecule has 0 unspecified atom stereocenters. The minimum Gasteiger partial charge on any atom is -0.495 e. The summed E-state index contributed by atoms with van der Waals surface area (Å²) < 4.78 is 38.1. The Balaban J connectivity index is 2.19. The van der Waals surface area contributed by atoms with Gasteiger partial charge in [-0.3, -0.25) is 0 Å². The molecule has 1 aromatic rings. The zero-order valence-corrected chi connectivity index (χ0v) is 13.2. The number of methoxy groups -OCH3 is 2. The molecule has 0 bridgehead atoms. The highest BCUT2D eigenvalue weighted by molar-refractivity contribution is 7.89. The minimum atomic E-state index is -3.64. The number of nitrogens with one attached hydrogen (secondary N) is 1. The van der Waals surface area contributed by atoms with Crippen molar-refractivity contribution < 1.29 is 17.9 Å². The molecule has 0 aromatic heterocycles. The van der Waals surface area contributed by atoms with Crippen molar-refractivity contribution in [2.45, 2.75) is 36.3 Å². The van der Waals surface area contributed by atoms with E-state index in [0.29, 0.717) is 12.3 Å². The highest BCUT2D eigenvalue weighted by Gasteiger charge is 2.38. The second kappa shape index (κ2) is 6.31. The monoisotopic (exact) mass is 314 g/mol. The summed E-state index contributed by atoms with van der Waals surface area (Å²) in [7, 11) is -0.586. The molecule has 0 spiro atoms. The Kier molecular flexibility index (Phi) is 4.88. The van der Waals surface area contributed by atoms with Gasteiger partial charge in [0.15, 0.2) is 0 Å². The van der Waals surface area contributed by atoms with Crippen LogP contribution in [-0.4, -0.2) is 34.8 Å². The van der Waals surface area contributed by atoms with Gasteiger partial charge in [0.05, 0.1) is 12.7 Å². The van der Waals surface area contributed by atoms with Crippen LogP contribution in [-0.2, 0) is 21.3 Å². The standard InChI is InChI=1S/C14H22N2O4S/c1-19-12-8-11(9-15)4-5-13(12)21(17,18)16-10-14(20-2)6-3-7-14/h4-5,8,16H,3,6-7,9-10,15H2,1-2H3. The number of sulfonamides is 1. The van der Waals surface area contributed by atoms with Crippen molar-refractivity contribution in [2.24, 2.45) is 5.73 Å². The molecule has 0 saturated heterocycles. The fraction of sp³-hybridized carbons (Fsp3) is 0.571. The molecular weight excluding hydrogens is 292 g/mol. The average molecular weight is 314 g/mol. The van der Waals surface area contributed by atoms with Gasteiger partial charge in [-0.05, 0) is 37.0 Å². The Hall–Kier alpha value is -1.15. The van der Waals surface area contributed by atoms with Gasteiger partial charge in [-0.25, -0.2) is 13.1 Å². The number of hydrogen-bond acceptors (Lipinski definition) is 5. The molecule has 1 fully saturated rings. The first-order chi connectivity index (χ1) is 9.96. The summed E-state index contributed by atoms with van der Waals surface area (Å²) in [4.78, 5) is 0.118. The van der Waals surface area contributed by atoms with Crippen LogP contribution in [0.4, 0.5) is 0 Å². The Morgan fingerprint density at radius 1 is 1.33 bits per heavy atom. The van der Waals surface area contributed by atoms with Crippen LogP contribution in [0.3, 0.4) is 0 Å². The summed E-state index contributed by atoms with van der Waals surface area (Å²) in [6, 6.07) is 4.85. The van der Waals surface area contributed by atoms with Crippen LogP contribution in [0.1, 0.15) is 24.8 Å². The lowest BCUT2D eigenvalue weighted by Crippen LogP contribution is -2.49. The highest BCUT2D eigenvalue weighted by atomic mass is 32.2. The Morgan fingerprint density at radius 3 is 2.52 bits per heavy atom. The predicted molar refractivity (Wildman–Crippen MR) is 79.7 cm³/mol. The van der Waals surface area contributed by atoms with Gasteiger partial charge in [0.2, 0.25) is 10.0 Å². The smallest absolute Gasteiger partial charge is 0.244 e. The average Bonchev–Trinajstić information content (AvgIpc) is 2.45. The molecule has 0 amide bonds. The van der Waals surface area contributed by atoms with Crippen LogP contribution < -0.4 is 15.2 Å². The molecule has 118 valence electrons. The molecule has 21 heavy (non-hydrogen) atoms. The lowest BCUT2D eigenvalue weighted by molar-refractivity contribution is -0.0659. The summed E-state index contributed by atoms with van der Waals surface area (Å²) in [5, 5.41) is 0. The van der Waals surface area contributed by atoms with E-state index >= 15 is 0 Å². The fourth-order valence-corrected chi connectivity index (χ4v) is 3.65. The van der Waals surface area contributed by atoms with Gasteiger partial charge in [-0.1, -0.05) is 6.07 Å². The summed E-state index contributed by atoms with van der Waals surface area (Å²) in [5.74, 6) is 0.297. The van der Waals surface area contributed by atoms with Crippen molar-refractivity contribution in [1.82, 2.24) is 4.72 Å². The van der Waals surface area contributed by atoms with Gasteiger partial charge >= 0.3 is 0 Å². The molecule has 7 heteroatoms. The summed E-state index contributed by atoms with van der Waals surface area (Å²) in [6.07, 6.45) is 2.80. The summed E-state index contributed by atoms with van der Waals surface area (Å²) in [5.41, 5.74) is 6.01. The zero-order valence-electron chi connectivity index (χ0n) is 12.4. The Bertz CT molecular complexity index is 591. The molecule has 1 aliphatic rings. The lowest BCUT2D eigenvalue weighted by Gasteiger charge is -2.40. The lowest BCUT2D eigenvalue weighted by atomic mass is 9.80. The van der Waals surface area contributed by atoms with Gasteiger partial charge in [-0.2, -0.15) is 0 Å². The van der Waals surface area contributed by atoms with Crippen LogP contribution >= 0.6 is 0 Å². The molecule has 1 aliphatic carbocycles. The number of ether oxygens (including phenoxy) is 2. The van der Waals surface area contributed by atoms with Crippen molar-refractivity contribution in [3.63, 3.8) is 0 Å². The van der Waals surface area contributed by atoms with E-state index in [0.717, 1.165) is 24.8 Å². The normalized spacial score (nSPS) is 17.3. The van der Waals surface area contributed by atoms with Crippen LogP contribution in [0.15, 0.2) is 23.1 Å². The summed E-state index contributed by atoms with van der Waals surface area (Å²) in [6.45, 7) is 0.602. The number of hydrogen-bond donors (Lipinski definition) is 2. The highest BCUT2D eigenvalue weighted by Crippen LogP contribution is 2.35. The van der Waals surface area contributed by atoms with Crippen LogP contribution in [0.5, 0.6) is 5.75 Å². The van der Waals surface area contributed by atoms with E-state index < -0.39 is 10.0 Å². The molecular formula is C14H22N2O4S. The third-order valence-corrected chi connectivity index (χ3v) is 5.48. The van der Waals surface area contributed by atoms with Gasteiger partial charge < -0.3 is 15.2 Å². The largest absolute Gasteiger partial charge is 0.495 e. The quantitative estimate of drug-likeness (QED) is 0.783. The summed E-state index contributed by atoms with van der Waals surface area (Å²) >= 11 is 0. The third kappa shape index (κ3) is 3.37. The number of benzene rings is 1. The molecule has 0 radical (unpaired) electrons.